The number of nitrogens with two attached hydrogens (primary N) is 2. The number of nitriles is 2. The third-order valence-corrected chi connectivity index (χ3v) is 8.18. The van der Waals surface area contributed by atoms with Crippen LogP contribution in [0.15, 0.2) is 118 Å². The number of allylic oxidation sites excluding steroid dienone is 6. The lowest BCUT2D eigenvalue weighted by Gasteiger charge is -2.32. The number of carbonyl (C=O) groups is 4. The van der Waals surface area contributed by atoms with Crippen molar-refractivity contribution in [2.75, 3.05) is 0 Å². The number of Topliss-reactive ketones (excluding diaryl/α,β-unsaturated/α-hetero) is 4. The van der Waals surface area contributed by atoms with Crippen molar-refractivity contribution in [2.45, 2.75) is 11.8 Å². The smallest absolute Gasteiger partial charge is 0.229 e. The molecule has 4 aliphatic rings. The molecule has 0 aromatic heterocycles. The van der Waals surface area contributed by atoms with Gasteiger partial charge in [-0.2, -0.15) is 10.5 Å². The van der Waals surface area contributed by atoms with Gasteiger partial charge in [0.15, 0.2) is 23.1 Å². The molecule has 10 heteroatoms. The second-order valence-corrected chi connectivity index (χ2v) is 10.4. The van der Waals surface area contributed by atoms with Crippen LogP contribution in [0.5, 0.6) is 0 Å². The molecule has 0 bridgehead atoms. The molecule has 7 rings (SSSR count). The molecular formula is C34H18N4O6. The molecule has 2 heterocycles. The second-order valence-electron chi connectivity index (χ2n) is 10.4. The first-order valence-electron chi connectivity index (χ1n) is 13.4. The Kier molecular flexibility index (Phi) is 5.70. The molecule has 2 aliphatic carbocycles. The molecule has 0 radical (unpaired) electrons. The van der Waals surface area contributed by atoms with E-state index in [0.717, 1.165) is 0 Å². The van der Waals surface area contributed by atoms with Crippen molar-refractivity contribution in [1.29, 1.82) is 10.5 Å². The lowest BCUT2D eigenvalue weighted by Crippen LogP contribution is -2.33. The molecule has 0 amide bonds. The third kappa shape index (κ3) is 3.52. The van der Waals surface area contributed by atoms with Gasteiger partial charge >= 0.3 is 0 Å². The van der Waals surface area contributed by atoms with Crippen molar-refractivity contribution in [3.63, 3.8) is 0 Å². The zero-order chi connectivity index (χ0) is 30.9. The summed E-state index contributed by atoms with van der Waals surface area (Å²) in [6, 6.07) is 23.1. The SMILES string of the molecule is N#CC1=C(N)OC2=C(C(=O)c3ccccc3C2=O)C1c1ccc(C2C(C#N)=C(N)OC3=C2C(=O)c2ccccc2C3=O)cc1. The van der Waals surface area contributed by atoms with E-state index in [-0.39, 0.29) is 67.8 Å². The van der Waals surface area contributed by atoms with E-state index in [1.165, 1.54) is 24.3 Å². The van der Waals surface area contributed by atoms with Gasteiger partial charge in [0.2, 0.25) is 23.3 Å². The maximum atomic E-state index is 13.7. The third-order valence-electron chi connectivity index (χ3n) is 8.18. The number of fused-ring (bicyclic) bond motifs is 2. The highest BCUT2D eigenvalue weighted by atomic mass is 16.5. The van der Waals surface area contributed by atoms with Gasteiger partial charge in [-0.3, -0.25) is 19.2 Å². The van der Waals surface area contributed by atoms with Gasteiger partial charge in [-0.05, 0) is 11.1 Å². The van der Waals surface area contributed by atoms with Crippen molar-refractivity contribution in [3.05, 3.63) is 152 Å². The Morgan fingerprint density at radius 3 is 1.16 bits per heavy atom. The zero-order valence-electron chi connectivity index (χ0n) is 22.6. The second kappa shape index (κ2) is 9.51. The fourth-order valence-electron chi connectivity index (χ4n) is 6.16. The summed E-state index contributed by atoms with van der Waals surface area (Å²) in [5, 5.41) is 20.0. The fourth-order valence-corrected chi connectivity index (χ4v) is 6.16. The molecule has 0 saturated carbocycles. The molecule has 2 unspecified atom stereocenters. The van der Waals surface area contributed by atoms with E-state index in [0.29, 0.717) is 11.1 Å². The van der Waals surface area contributed by atoms with Crippen molar-refractivity contribution < 1.29 is 28.7 Å². The Bertz CT molecular complexity index is 1980. The predicted octanol–water partition coefficient (Wildman–Crippen LogP) is 3.97. The lowest BCUT2D eigenvalue weighted by atomic mass is 9.73. The molecule has 10 nitrogen and oxygen atoms in total. The highest BCUT2D eigenvalue weighted by molar-refractivity contribution is 6.28. The van der Waals surface area contributed by atoms with Crippen LogP contribution in [0, 0.1) is 22.7 Å². The monoisotopic (exact) mass is 578 g/mol. The summed E-state index contributed by atoms with van der Waals surface area (Å²) in [6.07, 6.45) is 0. The minimum absolute atomic E-state index is 0.0187. The molecule has 3 aromatic carbocycles. The van der Waals surface area contributed by atoms with Crippen molar-refractivity contribution in [1.82, 2.24) is 0 Å². The molecule has 44 heavy (non-hydrogen) atoms. The molecule has 0 saturated heterocycles. The van der Waals surface area contributed by atoms with Crippen LogP contribution in [0.3, 0.4) is 0 Å². The average molecular weight is 579 g/mol. The van der Waals surface area contributed by atoms with Crippen LogP contribution in [0.4, 0.5) is 0 Å². The molecular weight excluding hydrogens is 560 g/mol. The van der Waals surface area contributed by atoms with Gasteiger partial charge in [0, 0.05) is 22.3 Å². The summed E-state index contributed by atoms with van der Waals surface area (Å²) in [7, 11) is 0. The summed E-state index contributed by atoms with van der Waals surface area (Å²) < 4.78 is 11.1. The van der Waals surface area contributed by atoms with E-state index in [9.17, 15) is 29.7 Å². The molecule has 210 valence electrons. The largest absolute Gasteiger partial charge is 0.436 e. The van der Waals surface area contributed by atoms with Crippen LogP contribution in [-0.2, 0) is 9.47 Å². The van der Waals surface area contributed by atoms with Gasteiger partial charge in [-0.1, -0.05) is 72.8 Å². The Labute approximate surface area is 249 Å². The number of ketones is 4. The van der Waals surface area contributed by atoms with Crippen LogP contribution >= 0.6 is 0 Å². The fraction of sp³-hybridized carbons (Fsp3) is 0.0588. The van der Waals surface area contributed by atoms with Gasteiger partial charge in [0.25, 0.3) is 0 Å². The van der Waals surface area contributed by atoms with Crippen LogP contribution in [-0.4, -0.2) is 23.1 Å². The summed E-state index contributed by atoms with van der Waals surface area (Å²) in [5.41, 5.74) is 13.6. The van der Waals surface area contributed by atoms with Gasteiger partial charge in [-0.25, -0.2) is 0 Å². The van der Waals surface area contributed by atoms with E-state index in [4.69, 9.17) is 20.9 Å². The minimum Gasteiger partial charge on any atom is -0.436 e. The topological polar surface area (TPSA) is 186 Å². The van der Waals surface area contributed by atoms with Gasteiger partial charge < -0.3 is 20.9 Å². The van der Waals surface area contributed by atoms with E-state index < -0.39 is 35.0 Å². The summed E-state index contributed by atoms with van der Waals surface area (Å²) in [4.78, 5) is 54.1. The Morgan fingerprint density at radius 2 is 0.841 bits per heavy atom. The molecule has 4 N–H and O–H groups in total. The minimum atomic E-state index is -1.03. The van der Waals surface area contributed by atoms with Crippen LogP contribution in [0.25, 0.3) is 0 Å². The highest BCUT2D eigenvalue weighted by Gasteiger charge is 2.45. The number of hydrogen-bond donors (Lipinski definition) is 2. The Morgan fingerprint density at radius 1 is 0.523 bits per heavy atom. The van der Waals surface area contributed by atoms with Crippen LogP contribution in [0.2, 0.25) is 0 Å². The standard InChI is InChI=1S/C34H18N4O6/c35-13-21-23(25-27(39)17-5-1-3-7-19(17)29(41)31(25)43-33(21)37)15-9-11-16(12-10-15)24-22(14-36)34(38)44-32-26(24)28(40)18-6-2-4-8-20(18)30(32)42/h1-12,23-24H,37-38H2. The summed E-state index contributed by atoms with van der Waals surface area (Å²) in [6.45, 7) is 0. The summed E-state index contributed by atoms with van der Waals surface area (Å²) >= 11 is 0. The van der Waals surface area contributed by atoms with Crippen LogP contribution in [0.1, 0.15) is 64.4 Å². The average Bonchev–Trinajstić information content (AvgIpc) is 3.05. The van der Waals surface area contributed by atoms with Gasteiger partial charge in [0.05, 0.1) is 23.0 Å². The van der Waals surface area contributed by atoms with E-state index in [2.05, 4.69) is 0 Å². The zero-order valence-corrected chi connectivity index (χ0v) is 22.6. The highest BCUT2D eigenvalue weighted by Crippen LogP contribution is 2.47. The number of carbonyl (C=O) groups excluding carboxylic acids is 4. The number of rotatable bonds is 2. The van der Waals surface area contributed by atoms with Crippen molar-refractivity contribution >= 4 is 23.1 Å². The van der Waals surface area contributed by atoms with Crippen molar-refractivity contribution in [2.24, 2.45) is 11.5 Å². The maximum absolute atomic E-state index is 13.7. The first-order chi connectivity index (χ1) is 21.3. The van der Waals surface area contributed by atoms with Crippen molar-refractivity contribution in [3.8, 4) is 12.1 Å². The van der Waals surface area contributed by atoms with Gasteiger partial charge in [0.1, 0.15) is 23.3 Å². The molecule has 0 fully saturated rings. The normalized spacial score (nSPS) is 20.6. The first kappa shape index (κ1) is 26.4. The van der Waals surface area contributed by atoms with Crippen LogP contribution < -0.4 is 11.5 Å². The van der Waals surface area contributed by atoms with E-state index in [1.54, 1.807) is 48.5 Å². The number of benzene rings is 3. The lowest BCUT2D eigenvalue weighted by molar-refractivity contribution is 0.0896. The van der Waals surface area contributed by atoms with Gasteiger partial charge in [-0.15, -0.1) is 0 Å². The summed E-state index contributed by atoms with van der Waals surface area (Å²) in [5.74, 6) is -5.16. The molecule has 3 aromatic rings. The quantitative estimate of drug-likeness (QED) is 0.450. The molecule has 2 atom stereocenters. The Balaban J connectivity index is 1.36. The Hall–Kier alpha value is -6.52. The maximum Gasteiger partial charge on any atom is 0.229 e. The molecule has 0 spiro atoms. The van der Waals surface area contributed by atoms with E-state index >= 15 is 0 Å². The number of ether oxygens (including phenoxy) is 2. The van der Waals surface area contributed by atoms with E-state index in [1.807, 2.05) is 12.1 Å². The molecule has 2 aliphatic heterocycles. The number of nitrogens with zero attached hydrogens (tertiary/aromatic N) is 2. The first-order valence-corrected chi connectivity index (χ1v) is 13.4. The number of hydrogen-bond acceptors (Lipinski definition) is 10. The predicted molar refractivity (Wildman–Crippen MR) is 152 cm³/mol.